The molecule has 0 radical (unpaired) electrons. The molecular formula is C25H34N2O3. The van der Waals surface area contributed by atoms with E-state index in [9.17, 15) is 4.79 Å². The average molecular weight is 411 g/mol. The monoisotopic (exact) mass is 410 g/mol. The molecular weight excluding hydrogens is 376 g/mol. The summed E-state index contributed by atoms with van der Waals surface area (Å²) < 4.78 is 11.9. The summed E-state index contributed by atoms with van der Waals surface area (Å²) in [6.07, 6.45) is 1.75. The molecule has 0 N–H and O–H groups in total. The zero-order valence-electron chi connectivity index (χ0n) is 18.4. The zero-order chi connectivity index (χ0) is 21.3. The van der Waals surface area contributed by atoms with Crippen LogP contribution >= 0.6 is 0 Å². The molecule has 2 aromatic carbocycles. The summed E-state index contributed by atoms with van der Waals surface area (Å²) in [5.41, 5.74) is 1.07. The van der Waals surface area contributed by atoms with Crippen molar-refractivity contribution in [1.82, 2.24) is 9.80 Å². The van der Waals surface area contributed by atoms with Gasteiger partial charge in [0.05, 0.1) is 6.61 Å². The first-order valence-electron chi connectivity index (χ1n) is 11.1. The minimum atomic E-state index is -0.225. The number of hydrogen-bond acceptors (Lipinski definition) is 4. The average Bonchev–Trinajstić information content (AvgIpc) is 2.79. The molecule has 1 aliphatic rings. The van der Waals surface area contributed by atoms with Crippen LogP contribution in [0, 0.1) is 0 Å². The molecule has 0 aromatic heterocycles. The predicted molar refractivity (Wildman–Crippen MR) is 120 cm³/mol. The van der Waals surface area contributed by atoms with E-state index in [0.717, 1.165) is 43.0 Å². The fourth-order valence-corrected chi connectivity index (χ4v) is 4.10. The lowest BCUT2D eigenvalue weighted by molar-refractivity contribution is -0.139. The second-order valence-electron chi connectivity index (χ2n) is 7.56. The largest absolute Gasteiger partial charge is 0.490 e. The standard InChI is InChI=1S/C25H34N2O3/c1-4-26(5-2)24(20-12-8-7-9-13-20)25(28)27-18-16-21(17-19-27)30-23-15-11-10-14-22(23)29-6-3/h7-15,21,24H,4-6,16-19H2,1-3H3. The van der Waals surface area contributed by atoms with Gasteiger partial charge in [-0.05, 0) is 37.7 Å². The SMILES string of the molecule is CCOc1ccccc1OC1CCN(C(=O)C(c2ccccc2)N(CC)CC)CC1. The first kappa shape index (κ1) is 22.2. The van der Waals surface area contributed by atoms with Crippen LogP contribution in [0.15, 0.2) is 54.6 Å². The van der Waals surface area contributed by atoms with E-state index < -0.39 is 0 Å². The number of amides is 1. The molecule has 1 saturated heterocycles. The topological polar surface area (TPSA) is 42.0 Å². The quantitative estimate of drug-likeness (QED) is 0.609. The smallest absolute Gasteiger partial charge is 0.244 e. The fourth-order valence-electron chi connectivity index (χ4n) is 4.10. The van der Waals surface area contributed by atoms with E-state index in [2.05, 4.69) is 30.9 Å². The molecule has 1 unspecified atom stereocenters. The van der Waals surface area contributed by atoms with Gasteiger partial charge in [-0.25, -0.2) is 0 Å². The molecule has 5 heteroatoms. The molecule has 2 aromatic rings. The minimum Gasteiger partial charge on any atom is -0.490 e. The van der Waals surface area contributed by atoms with E-state index in [1.807, 2.05) is 54.3 Å². The molecule has 3 rings (SSSR count). The van der Waals surface area contributed by atoms with Crippen LogP contribution in [0.2, 0.25) is 0 Å². The number of piperidine rings is 1. The Morgan fingerprint density at radius 1 is 0.967 bits per heavy atom. The van der Waals surface area contributed by atoms with Crippen molar-refractivity contribution in [3.63, 3.8) is 0 Å². The normalized spacial score (nSPS) is 15.8. The molecule has 0 spiro atoms. The molecule has 162 valence electrons. The molecule has 1 fully saturated rings. The van der Waals surface area contributed by atoms with Crippen LogP contribution in [0.25, 0.3) is 0 Å². The summed E-state index contributed by atoms with van der Waals surface area (Å²) in [5, 5.41) is 0. The van der Waals surface area contributed by atoms with Crippen molar-refractivity contribution >= 4 is 5.91 Å². The van der Waals surface area contributed by atoms with Gasteiger partial charge in [0.15, 0.2) is 11.5 Å². The molecule has 30 heavy (non-hydrogen) atoms. The molecule has 5 nitrogen and oxygen atoms in total. The van der Waals surface area contributed by atoms with Crippen LogP contribution in [-0.4, -0.2) is 54.6 Å². The lowest BCUT2D eigenvalue weighted by Crippen LogP contribution is -2.47. The van der Waals surface area contributed by atoms with Crippen LogP contribution in [0.1, 0.15) is 45.2 Å². The van der Waals surface area contributed by atoms with Crippen LogP contribution in [0.3, 0.4) is 0 Å². The summed E-state index contributed by atoms with van der Waals surface area (Å²) in [4.78, 5) is 17.7. The second-order valence-corrected chi connectivity index (χ2v) is 7.56. The summed E-state index contributed by atoms with van der Waals surface area (Å²) in [6, 6.07) is 17.7. The number of likely N-dealkylation sites (N-methyl/N-ethyl adjacent to an activating group) is 1. The highest BCUT2D eigenvalue weighted by atomic mass is 16.5. The second kappa shape index (κ2) is 11.0. The number of hydrogen-bond donors (Lipinski definition) is 0. The number of ether oxygens (including phenoxy) is 2. The maximum absolute atomic E-state index is 13.5. The van der Waals surface area contributed by atoms with Gasteiger partial charge < -0.3 is 14.4 Å². The van der Waals surface area contributed by atoms with E-state index in [1.165, 1.54) is 0 Å². The molecule has 1 amide bonds. The van der Waals surface area contributed by atoms with Crippen molar-refractivity contribution in [3.05, 3.63) is 60.2 Å². The van der Waals surface area contributed by atoms with Gasteiger partial charge >= 0.3 is 0 Å². The summed E-state index contributed by atoms with van der Waals surface area (Å²) >= 11 is 0. The highest BCUT2D eigenvalue weighted by Gasteiger charge is 2.32. The van der Waals surface area contributed by atoms with E-state index in [1.54, 1.807) is 0 Å². The number of rotatable bonds is 9. The number of nitrogens with zero attached hydrogens (tertiary/aromatic N) is 2. The third-order valence-electron chi connectivity index (χ3n) is 5.72. The van der Waals surface area contributed by atoms with E-state index in [-0.39, 0.29) is 18.1 Å². The van der Waals surface area contributed by atoms with E-state index in [0.29, 0.717) is 19.7 Å². The summed E-state index contributed by atoms with van der Waals surface area (Å²) in [6.45, 7) is 9.92. The van der Waals surface area contributed by atoms with Crippen LogP contribution in [-0.2, 0) is 4.79 Å². The Kier molecular flexibility index (Phi) is 8.14. The van der Waals surface area contributed by atoms with Crippen molar-refractivity contribution in [3.8, 4) is 11.5 Å². The van der Waals surface area contributed by atoms with Crippen molar-refractivity contribution in [1.29, 1.82) is 0 Å². The van der Waals surface area contributed by atoms with Crippen LogP contribution < -0.4 is 9.47 Å². The van der Waals surface area contributed by atoms with Gasteiger partial charge in [0.2, 0.25) is 5.91 Å². The number of carbonyl (C=O) groups is 1. The van der Waals surface area contributed by atoms with Crippen molar-refractivity contribution < 1.29 is 14.3 Å². The van der Waals surface area contributed by atoms with Crippen molar-refractivity contribution in [2.45, 2.75) is 45.8 Å². The van der Waals surface area contributed by atoms with Gasteiger partial charge in [0.1, 0.15) is 12.1 Å². The maximum atomic E-state index is 13.5. The Balaban J connectivity index is 1.65. The van der Waals surface area contributed by atoms with Gasteiger partial charge in [-0.1, -0.05) is 56.3 Å². The lowest BCUT2D eigenvalue weighted by atomic mass is 10.0. The minimum absolute atomic E-state index is 0.0966. The Hall–Kier alpha value is -2.53. The zero-order valence-corrected chi connectivity index (χ0v) is 18.4. The number of likely N-dealkylation sites (tertiary alicyclic amines) is 1. The van der Waals surface area contributed by atoms with E-state index >= 15 is 0 Å². The number of benzene rings is 2. The summed E-state index contributed by atoms with van der Waals surface area (Å²) in [5.74, 6) is 1.76. The Morgan fingerprint density at radius 3 is 2.17 bits per heavy atom. The van der Waals surface area contributed by atoms with Gasteiger partial charge in [0, 0.05) is 25.9 Å². The highest BCUT2D eigenvalue weighted by molar-refractivity contribution is 5.83. The Bertz CT molecular complexity index is 784. The Morgan fingerprint density at radius 2 is 1.57 bits per heavy atom. The maximum Gasteiger partial charge on any atom is 0.244 e. The molecule has 0 saturated carbocycles. The third kappa shape index (κ3) is 5.33. The summed E-state index contributed by atoms with van der Waals surface area (Å²) in [7, 11) is 0. The first-order chi connectivity index (χ1) is 14.7. The number of carbonyl (C=O) groups excluding carboxylic acids is 1. The lowest BCUT2D eigenvalue weighted by Gasteiger charge is -2.37. The molecule has 1 aliphatic heterocycles. The predicted octanol–water partition coefficient (Wildman–Crippen LogP) is 4.54. The Labute approximate surface area is 180 Å². The molecule has 1 heterocycles. The number of para-hydroxylation sites is 2. The van der Waals surface area contributed by atoms with E-state index in [4.69, 9.17) is 9.47 Å². The van der Waals surface area contributed by atoms with Crippen molar-refractivity contribution in [2.75, 3.05) is 32.8 Å². The third-order valence-corrected chi connectivity index (χ3v) is 5.72. The van der Waals surface area contributed by atoms with Gasteiger partial charge in [0.25, 0.3) is 0 Å². The van der Waals surface area contributed by atoms with Crippen LogP contribution in [0.5, 0.6) is 11.5 Å². The molecule has 1 atom stereocenters. The van der Waals surface area contributed by atoms with Gasteiger partial charge in [-0.15, -0.1) is 0 Å². The highest BCUT2D eigenvalue weighted by Crippen LogP contribution is 2.30. The van der Waals surface area contributed by atoms with Crippen LogP contribution in [0.4, 0.5) is 0 Å². The van der Waals surface area contributed by atoms with Gasteiger partial charge in [-0.2, -0.15) is 0 Å². The van der Waals surface area contributed by atoms with Crippen molar-refractivity contribution in [2.24, 2.45) is 0 Å². The van der Waals surface area contributed by atoms with Gasteiger partial charge in [-0.3, -0.25) is 9.69 Å². The fraction of sp³-hybridized carbons (Fsp3) is 0.480. The molecule has 0 bridgehead atoms. The first-order valence-corrected chi connectivity index (χ1v) is 11.1. The molecule has 0 aliphatic carbocycles.